The van der Waals surface area contributed by atoms with Crippen LogP contribution in [0, 0.1) is 0 Å². The van der Waals surface area contributed by atoms with E-state index in [9.17, 15) is 0 Å². The lowest BCUT2D eigenvalue weighted by Gasteiger charge is -2.32. The number of hydrogen-bond donors (Lipinski definition) is 0. The molecule has 4 rings (SSSR count). The summed E-state index contributed by atoms with van der Waals surface area (Å²) in [6.07, 6.45) is 2.52. The molecule has 0 radical (unpaired) electrons. The highest BCUT2D eigenvalue weighted by Crippen LogP contribution is 2.30. The van der Waals surface area contributed by atoms with Crippen LogP contribution in [0.25, 0.3) is 11.1 Å². The molecular weight excluding hydrogens is 302 g/mol. The summed E-state index contributed by atoms with van der Waals surface area (Å²) >= 11 is 0. The number of benzene rings is 3. The zero-order valence-electron chi connectivity index (χ0n) is 14.6. The standard InChI is InChI=1S/C24H25N/c1-3-9-20(10-4-1)21-15-17-25(18-16-21)19-23-13-7-8-14-24(23)22-11-5-2-6-12-22/h1-14,21H,15-19H2. The van der Waals surface area contributed by atoms with Crippen LogP contribution >= 0.6 is 0 Å². The summed E-state index contributed by atoms with van der Waals surface area (Å²) in [6, 6.07) is 30.6. The third-order valence-corrected chi connectivity index (χ3v) is 5.35. The maximum absolute atomic E-state index is 2.61. The molecule has 0 amide bonds. The quantitative estimate of drug-likeness (QED) is 0.591. The van der Waals surface area contributed by atoms with Gasteiger partial charge in [0.05, 0.1) is 0 Å². The van der Waals surface area contributed by atoms with Crippen LogP contribution in [0.4, 0.5) is 0 Å². The van der Waals surface area contributed by atoms with Gasteiger partial charge in [-0.1, -0.05) is 84.9 Å². The third kappa shape index (κ3) is 3.83. The second-order valence-electron chi connectivity index (χ2n) is 6.98. The SMILES string of the molecule is c1ccc(-c2ccccc2CN2CCC(c3ccccc3)CC2)cc1. The van der Waals surface area contributed by atoms with Gasteiger partial charge in [0.1, 0.15) is 0 Å². The number of piperidine rings is 1. The molecule has 0 aromatic heterocycles. The van der Waals surface area contributed by atoms with Crippen molar-refractivity contribution >= 4 is 0 Å². The fourth-order valence-electron chi connectivity index (χ4n) is 3.95. The number of likely N-dealkylation sites (tertiary alicyclic amines) is 1. The van der Waals surface area contributed by atoms with Gasteiger partial charge >= 0.3 is 0 Å². The molecule has 1 saturated heterocycles. The Morgan fingerprint density at radius 1 is 0.680 bits per heavy atom. The molecule has 126 valence electrons. The highest BCUT2D eigenvalue weighted by atomic mass is 15.1. The lowest BCUT2D eigenvalue weighted by atomic mass is 9.89. The van der Waals surface area contributed by atoms with E-state index in [4.69, 9.17) is 0 Å². The molecule has 1 aliphatic heterocycles. The first-order valence-electron chi connectivity index (χ1n) is 9.31. The molecule has 3 aromatic rings. The molecule has 0 bridgehead atoms. The van der Waals surface area contributed by atoms with Gasteiger partial charge < -0.3 is 0 Å². The Balaban J connectivity index is 1.44. The van der Waals surface area contributed by atoms with Gasteiger partial charge in [0.25, 0.3) is 0 Å². The van der Waals surface area contributed by atoms with Gasteiger partial charge in [-0.05, 0) is 54.1 Å². The lowest BCUT2D eigenvalue weighted by molar-refractivity contribution is 0.205. The Bertz CT molecular complexity index is 787. The Labute approximate surface area is 150 Å². The van der Waals surface area contributed by atoms with Gasteiger partial charge in [0.15, 0.2) is 0 Å². The molecule has 3 aromatic carbocycles. The van der Waals surface area contributed by atoms with Crippen molar-refractivity contribution in [1.29, 1.82) is 0 Å². The van der Waals surface area contributed by atoms with E-state index >= 15 is 0 Å². The van der Waals surface area contributed by atoms with Crippen LogP contribution in [0.15, 0.2) is 84.9 Å². The van der Waals surface area contributed by atoms with Crippen molar-refractivity contribution in [3.05, 3.63) is 96.1 Å². The summed E-state index contributed by atoms with van der Waals surface area (Å²) in [7, 11) is 0. The summed E-state index contributed by atoms with van der Waals surface area (Å²) in [5.74, 6) is 0.724. The van der Waals surface area contributed by atoms with E-state index in [0.717, 1.165) is 12.5 Å². The minimum absolute atomic E-state index is 0.724. The third-order valence-electron chi connectivity index (χ3n) is 5.35. The van der Waals surface area contributed by atoms with Crippen molar-refractivity contribution in [1.82, 2.24) is 4.90 Å². The predicted molar refractivity (Wildman–Crippen MR) is 106 cm³/mol. The van der Waals surface area contributed by atoms with E-state index in [1.807, 2.05) is 0 Å². The van der Waals surface area contributed by atoms with E-state index in [2.05, 4.69) is 89.8 Å². The zero-order chi connectivity index (χ0) is 16.9. The average Bonchev–Trinajstić information content (AvgIpc) is 2.70. The van der Waals surface area contributed by atoms with E-state index in [0.29, 0.717) is 0 Å². The van der Waals surface area contributed by atoms with Gasteiger partial charge in [-0.25, -0.2) is 0 Å². The van der Waals surface area contributed by atoms with Gasteiger partial charge in [-0.2, -0.15) is 0 Å². The number of rotatable bonds is 4. The minimum Gasteiger partial charge on any atom is -0.299 e. The topological polar surface area (TPSA) is 3.24 Å². The summed E-state index contributed by atoms with van der Waals surface area (Å²) in [5.41, 5.74) is 5.63. The molecule has 1 nitrogen and oxygen atoms in total. The maximum Gasteiger partial charge on any atom is 0.0239 e. The van der Waals surface area contributed by atoms with Crippen LogP contribution < -0.4 is 0 Å². The normalized spacial score (nSPS) is 16.0. The van der Waals surface area contributed by atoms with Crippen molar-refractivity contribution in [2.24, 2.45) is 0 Å². The second kappa shape index (κ2) is 7.67. The molecule has 0 saturated carbocycles. The molecule has 0 aliphatic carbocycles. The molecule has 25 heavy (non-hydrogen) atoms. The highest BCUT2D eigenvalue weighted by molar-refractivity contribution is 5.67. The first kappa shape index (κ1) is 16.1. The van der Waals surface area contributed by atoms with E-state index in [1.54, 1.807) is 0 Å². The van der Waals surface area contributed by atoms with Crippen molar-refractivity contribution in [2.45, 2.75) is 25.3 Å². The zero-order valence-corrected chi connectivity index (χ0v) is 14.6. The maximum atomic E-state index is 2.61. The average molecular weight is 327 g/mol. The van der Waals surface area contributed by atoms with E-state index < -0.39 is 0 Å². The van der Waals surface area contributed by atoms with Crippen LogP contribution in [-0.2, 0) is 6.54 Å². The fourth-order valence-corrected chi connectivity index (χ4v) is 3.95. The Morgan fingerprint density at radius 2 is 1.28 bits per heavy atom. The molecule has 1 fully saturated rings. The van der Waals surface area contributed by atoms with Crippen molar-refractivity contribution < 1.29 is 0 Å². The molecular formula is C24H25N. The predicted octanol–water partition coefficient (Wildman–Crippen LogP) is 5.73. The van der Waals surface area contributed by atoms with E-state index in [1.165, 1.54) is 48.2 Å². The van der Waals surface area contributed by atoms with Crippen molar-refractivity contribution in [3.63, 3.8) is 0 Å². The molecule has 1 aliphatic rings. The highest BCUT2D eigenvalue weighted by Gasteiger charge is 2.21. The van der Waals surface area contributed by atoms with Gasteiger partial charge in [0, 0.05) is 6.54 Å². The van der Waals surface area contributed by atoms with Gasteiger partial charge in [-0.15, -0.1) is 0 Å². The van der Waals surface area contributed by atoms with Gasteiger partial charge in [-0.3, -0.25) is 4.90 Å². The monoisotopic (exact) mass is 327 g/mol. The largest absolute Gasteiger partial charge is 0.299 e. The van der Waals surface area contributed by atoms with Crippen LogP contribution in [-0.4, -0.2) is 18.0 Å². The molecule has 0 N–H and O–H groups in total. The second-order valence-corrected chi connectivity index (χ2v) is 6.98. The first-order chi connectivity index (χ1) is 12.4. The molecule has 1 heteroatoms. The summed E-state index contributed by atoms with van der Waals surface area (Å²) in [6.45, 7) is 3.41. The van der Waals surface area contributed by atoms with E-state index in [-0.39, 0.29) is 0 Å². The van der Waals surface area contributed by atoms with Crippen LogP contribution in [0.2, 0.25) is 0 Å². The number of hydrogen-bond acceptors (Lipinski definition) is 1. The summed E-state index contributed by atoms with van der Waals surface area (Å²) in [5, 5.41) is 0. The number of nitrogens with zero attached hydrogens (tertiary/aromatic N) is 1. The molecule has 0 spiro atoms. The Morgan fingerprint density at radius 3 is 2.00 bits per heavy atom. The van der Waals surface area contributed by atoms with Crippen LogP contribution in [0.5, 0.6) is 0 Å². The lowest BCUT2D eigenvalue weighted by Crippen LogP contribution is -2.32. The van der Waals surface area contributed by atoms with Crippen LogP contribution in [0.3, 0.4) is 0 Å². The van der Waals surface area contributed by atoms with Crippen molar-refractivity contribution in [2.75, 3.05) is 13.1 Å². The Kier molecular flexibility index (Phi) is 4.94. The minimum atomic E-state index is 0.724. The molecule has 1 heterocycles. The smallest absolute Gasteiger partial charge is 0.0239 e. The van der Waals surface area contributed by atoms with Crippen LogP contribution in [0.1, 0.15) is 29.9 Å². The van der Waals surface area contributed by atoms with Gasteiger partial charge in [0.2, 0.25) is 0 Å². The first-order valence-corrected chi connectivity index (χ1v) is 9.31. The fraction of sp³-hybridized carbons (Fsp3) is 0.250. The summed E-state index contributed by atoms with van der Waals surface area (Å²) < 4.78 is 0. The van der Waals surface area contributed by atoms with Crippen molar-refractivity contribution in [3.8, 4) is 11.1 Å². The molecule has 0 atom stereocenters. The Hall–Kier alpha value is -2.38. The summed E-state index contributed by atoms with van der Waals surface area (Å²) in [4.78, 5) is 2.61. The molecule has 0 unspecified atom stereocenters.